The van der Waals surface area contributed by atoms with Crippen molar-refractivity contribution in [3.63, 3.8) is 0 Å². The van der Waals surface area contributed by atoms with Gasteiger partial charge in [-0.2, -0.15) is 0 Å². The van der Waals surface area contributed by atoms with Crippen LogP contribution < -0.4 is 5.32 Å². The molecule has 2 aliphatic rings. The number of rotatable bonds is 6. The molecule has 3 heterocycles. The number of methoxy groups -OCH3 is 2. The number of aliphatic hydroxyl groups excluding tert-OH is 1. The Morgan fingerprint density at radius 3 is 2.65 bits per heavy atom. The number of aliphatic hydroxyl groups is 1. The molecule has 4 rings (SSSR count). The van der Waals surface area contributed by atoms with E-state index in [1.54, 1.807) is 20.5 Å². The van der Waals surface area contributed by atoms with E-state index in [4.69, 9.17) is 14.2 Å². The molecule has 9 nitrogen and oxygen atoms in total. The van der Waals surface area contributed by atoms with Gasteiger partial charge < -0.3 is 24.6 Å². The highest BCUT2D eigenvalue weighted by Crippen LogP contribution is 2.35. The number of anilines is 1. The first-order valence-corrected chi connectivity index (χ1v) is 9.02. The Morgan fingerprint density at radius 2 is 1.96 bits per heavy atom. The van der Waals surface area contributed by atoms with Crippen molar-refractivity contribution in [3.8, 4) is 0 Å². The number of aromatic nitrogens is 4. The Bertz CT molecular complexity index is 748. The predicted molar refractivity (Wildman–Crippen MR) is 93.8 cm³/mol. The average molecular weight is 363 g/mol. The molecule has 2 aromatic rings. The van der Waals surface area contributed by atoms with Crippen molar-refractivity contribution in [1.29, 1.82) is 0 Å². The fraction of sp³-hybridized carbons (Fsp3) is 0.706. The van der Waals surface area contributed by atoms with E-state index in [9.17, 15) is 5.11 Å². The molecule has 1 aliphatic carbocycles. The number of nitrogens with one attached hydrogen (secondary N) is 1. The summed E-state index contributed by atoms with van der Waals surface area (Å²) in [7, 11) is 3.19. The summed E-state index contributed by atoms with van der Waals surface area (Å²) in [5.74, 6) is 0.745. The molecule has 0 radical (unpaired) electrons. The van der Waals surface area contributed by atoms with Crippen molar-refractivity contribution in [3.05, 3.63) is 12.7 Å². The van der Waals surface area contributed by atoms with Gasteiger partial charge in [-0.05, 0) is 12.8 Å². The lowest BCUT2D eigenvalue weighted by Crippen LogP contribution is -2.36. The van der Waals surface area contributed by atoms with Crippen LogP contribution in [0.3, 0.4) is 0 Å². The van der Waals surface area contributed by atoms with Gasteiger partial charge in [0.25, 0.3) is 0 Å². The largest absolute Gasteiger partial charge is 0.394 e. The molecular weight excluding hydrogens is 338 g/mol. The molecule has 2 fully saturated rings. The zero-order chi connectivity index (χ0) is 18.1. The second kappa shape index (κ2) is 7.43. The molecule has 1 saturated heterocycles. The van der Waals surface area contributed by atoms with Crippen LogP contribution in [0.15, 0.2) is 12.7 Å². The van der Waals surface area contributed by atoms with Gasteiger partial charge >= 0.3 is 0 Å². The van der Waals surface area contributed by atoms with Gasteiger partial charge in [0.2, 0.25) is 0 Å². The second-order valence-electron chi connectivity index (χ2n) is 6.82. The van der Waals surface area contributed by atoms with Gasteiger partial charge in [0, 0.05) is 20.3 Å². The number of ether oxygens (including phenoxy) is 3. The quantitative estimate of drug-likeness (QED) is 0.786. The van der Waals surface area contributed by atoms with E-state index in [0.717, 1.165) is 18.7 Å². The minimum atomic E-state index is -0.485. The van der Waals surface area contributed by atoms with E-state index in [0.29, 0.717) is 17.2 Å². The number of nitrogens with zero attached hydrogens (tertiary/aromatic N) is 4. The smallest absolute Gasteiger partial charge is 0.167 e. The maximum absolute atomic E-state index is 9.59. The highest BCUT2D eigenvalue weighted by molar-refractivity contribution is 5.82. The summed E-state index contributed by atoms with van der Waals surface area (Å²) in [5, 5.41) is 13.1. The third-order valence-corrected chi connectivity index (χ3v) is 5.34. The van der Waals surface area contributed by atoms with E-state index in [2.05, 4.69) is 20.3 Å². The third-order valence-electron chi connectivity index (χ3n) is 5.34. The molecule has 2 aromatic heterocycles. The van der Waals surface area contributed by atoms with Crippen LogP contribution in [0.2, 0.25) is 0 Å². The normalized spacial score (nSPS) is 29.7. The number of hydrogen-bond donors (Lipinski definition) is 2. The van der Waals surface area contributed by atoms with Crippen molar-refractivity contribution >= 4 is 17.0 Å². The number of fused-ring (bicyclic) bond motifs is 1. The maximum atomic E-state index is 9.59. The molecule has 0 amide bonds. The Kier molecular flexibility index (Phi) is 5.03. The van der Waals surface area contributed by atoms with Crippen molar-refractivity contribution in [2.75, 3.05) is 26.1 Å². The van der Waals surface area contributed by atoms with Crippen LogP contribution in [0.5, 0.6) is 0 Å². The van der Waals surface area contributed by atoms with Gasteiger partial charge in [0.05, 0.1) is 12.9 Å². The standard InChI is InChI=1S/C17H25N5O4/c1-24-13-11(7-23)26-17(14(13)25-2)22-9-20-12-15(18-8-19-16(12)22)21-10-5-3-4-6-10/h8-11,13-14,17,23H,3-7H2,1-2H3,(H,18,19,21). The van der Waals surface area contributed by atoms with E-state index in [1.165, 1.54) is 19.2 Å². The summed E-state index contributed by atoms with van der Waals surface area (Å²) in [6.07, 6.45) is 6.30. The van der Waals surface area contributed by atoms with E-state index >= 15 is 0 Å². The van der Waals surface area contributed by atoms with Gasteiger partial charge in [-0.1, -0.05) is 12.8 Å². The van der Waals surface area contributed by atoms with Crippen LogP contribution in [0, 0.1) is 0 Å². The maximum Gasteiger partial charge on any atom is 0.167 e. The van der Waals surface area contributed by atoms with Crippen LogP contribution >= 0.6 is 0 Å². The van der Waals surface area contributed by atoms with Gasteiger partial charge in [-0.3, -0.25) is 4.57 Å². The Labute approximate surface area is 151 Å². The summed E-state index contributed by atoms with van der Waals surface area (Å²) in [4.78, 5) is 13.3. The van der Waals surface area contributed by atoms with Gasteiger partial charge in [-0.15, -0.1) is 0 Å². The third kappa shape index (κ3) is 2.94. The van der Waals surface area contributed by atoms with Crippen molar-refractivity contribution in [2.24, 2.45) is 0 Å². The molecular formula is C17H25N5O4. The SMILES string of the molecule is COC1C(CO)OC(n2cnc3c(NC4CCCC4)ncnc32)C1OC. The average Bonchev–Trinajstić information content (AvgIpc) is 3.39. The van der Waals surface area contributed by atoms with Crippen molar-refractivity contribution < 1.29 is 19.3 Å². The predicted octanol–water partition coefficient (Wildman–Crippen LogP) is 1.10. The molecule has 4 atom stereocenters. The lowest BCUT2D eigenvalue weighted by Gasteiger charge is -2.21. The van der Waals surface area contributed by atoms with Crippen LogP contribution in [0.4, 0.5) is 5.82 Å². The molecule has 9 heteroatoms. The highest BCUT2D eigenvalue weighted by atomic mass is 16.6. The minimum Gasteiger partial charge on any atom is -0.394 e. The highest BCUT2D eigenvalue weighted by Gasteiger charge is 2.46. The fourth-order valence-electron chi connectivity index (χ4n) is 4.02. The zero-order valence-corrected chi connectivity index (χ0v) is 15.0. The van der Waals surface area contributed by atoms with Gasteiger partial charge in [0.15, 0.2) is 23.2 Å². The first-order chi connectivity index (χ1) is 12.8. The first kappa shape index (κ1) is 17.6. The molecule has 4 unspecified atom stereocenters. The summed E-state index contributed by atoms with van der Waals surface area (Å²) < 4.78 is 18.9. The van der Waals surface area contributed by atoms with Crippen LogP contribution in [0.1, 0.15) is 31.9 Å². The molecule has 1 aliphatic heterocycles. The molecule has 26 heavy (non-hydrogen) atoms. The van der Waals surface area contributed by atoms with E-state index < -0.39 is 12.3 Å². The van der Waals surface area contributed by atoms with Crippen LogP contribution in [-0.4, -0.2) is 69.8 Å². The lowest BCUT2D eigenvalue weighted by molar-refractivity contribution is -0.0583. The van der Waals surface area contributed by atoms with Crippen LogP contribution in [-0.2, 0) is 14.2 Å². The molecule has 142 valence electrons. The Morgan fingerprint density at radius 1 is 1.19 bits per heavy atom. The zero-order valence-electron chi connectivity index (χ0n) is 15.0. The van der Waals surface area contributed by atoms with E-state index in [-0.39, 0.29) is 18.8 Å². The lowest BCUT2D eigenvalue weighted by atomic mass is 10.1. The number of hydrogen-bond acceptors (Lipinski definition) is 8. The molecule has 0 aromatic carbocycles. The van der Waals surface area contributed by atoms with Crippen LogP contribution in [0.25, 0.3) is 11.2 Å². The summed E-state index contributed by atoms with van der Waals surface area (Å²) >= 11 is 0. The summed E-state index contributed by atoms with van der Waals surface area (Å²) in [6, 6.07) is 0.435. The summed E-state index contributed by atoms with van der Waals surface area (Å²) in [5.41, 5.74) is 1.38. The van der Waals surface area contributed by atoms with E-state index in [1.807, 2.05) is 4.57 Å². The fourth-order valence-corrected chi connectivity index (χ4v) is 4.02. The summed E-state index contributed by atoms with van der Waals surface area (Å²) in [6.45, 7) is -0.148. The minimum absolute atomic E-state index is 0.148. The monoisotopic (exact) mass is 363 g/mol. The number of imidazole rings is 1. The van der Waals surface area contributed by atoms with Gasteiger partial charge in [0.1, 0.15) is 24.6 Å². The molecule has 0 spiro atoms. The molecule has 2 N–H and O–H groups in total. The topological polar surface area (TPSA) is 104 Å². The second-order valence-corrected chi connectivity index (χ2v) is 6.82. The van der Waals surface area contributed by atoms with Crippen molar-refractivity contribution in [1.82, 2.24) is 19.5 Å². The Hall–Kier alpha value is -1.81. The van der Waals surface area contributed by atoms with Gasteiger partial charge in [-0.25, -0.2) is 15.0 Å². The Balaban J connectivity index is 1.66. The molecule has 0 bridgehead atoms. The van der Waals surface area contributed by atoms with Crippen molar-refractivity contribution in [2.45, 2.75) is 56.3 Å². The first-order valence-electron chi connectivity index (χ1n) is 9.02. The molecule has 1 saturated carbocycles.